The van der Waals surface area contributed by atoms with Crippen molar-refractivity contribution in [3.63, 3.8) is 0 Å². The lowest BCUT2D eigenvalue weighted by Gasteiger charge is -2.21. The van der Waals surface area contributed by atoms with Crippen LogP contribution in [-0.4, -0.2) is 96.7 Å². The van der Waals surface area contributed by atoms with Gasteiger partial charge in [0, 0.05) is 25.7 Å². The lowest BCUT2D eigenvalue weighted by atomic mass is 10.0. The van der Waals surface area contributed by atoms with Crippen LogP contribution in [-0.2, 0) is 65.4 Å². The molecule has 0 aliphatic heterocycles. The first-order chi connectivity index (χ1) is 46.9. The molecule has 0 radical (unpaired) electrons. The maximum atomic E-state index is 13.1. The molecule has 0 aliphatic carbocycles. The Hall–Kier alpha value is -2.46. The van der Waals surface area contributed by atoms with Crippen molar-refractivity contribution in [2.24, 2.45) is 11.8 Å². The van der Waals surface area contributed by atoms with Crippen molar-refractivity contribution in [3.05, 3.63) is 24.3 Å². The highest BCUT2D eigenvalue weighted by Crippen LogP contribution is 2.45. The van der Waals surface area contributed by atoms with Crippen molar-refractivity contribution < 1.29 is 80.2 Å². The number of phosphoric acid groups is 2. The number of aliphatic hydroxyl groups is 1. The van der Waals surface area contributed by atoms with Gasteiger partial charge in [-0.05, 0) is 63.2 Å². The third-order valence-electron chi connectivity index (χ3n) is 17.6. The first kappa shape index (κ1) is 94.5. The molecule has 572 valence electrons. The zero-order valence-corrected chi connectivity index (χ0v) is 64.7. The summed E-state index contributed by atoms with van der Waals surface area (Å²) in [6, 6.07) is 0. The summed E-state index contributed by atoms with van der Waals surface area (Å²) in [5.74, 6) is -0.607. The van der Waals surface area contributed by atoms with Crippen LogP contribution < -0.4 is 0 Å². The number of hydrogen-bond donors (Lipinski definition) is 3. The first-order valence-corrected chi connectivity index (χ1v) is 42.8. The molecule has 17 nitrogen and oxygen atoms in total. The lowest BCUT2D eigenvalue weighted by Crippen LogP contribution is -2.30. The van der Waals surface area contributed by atoms with Crippen molar-refractivity contribution >= 4 is 39.5 Å². The van der Waals surface area contributed by atoms with Gasteiger partial charge in [0.25, 0.3) is 0 Å². The van der Waals surface area contributed by atoms with E-state index in [-0.39, 0.29) is 25.7 Å². The Kier molecular flexibility index (Phi) is 67.5. The molecule has 0 saturated heterocycles. The highest BCUT2D eigenvalue weighted by atomic mass is 31.2. The zero-order valence-electron chi connectivity index (χ0n) is 62.9. The van der Waals surface area contributed by atoms with E-state index < -0.39 is 97.5 Å². The highest BCUT2D eigenvalue weighted by molar-refractivity contribution is 7.47. The van der Waals surface area contributed by atoms with Gasteiger partial charge in [0.1, 0.15) is 19.3 Å². The fraction of sp³-hybridized carbons (Fsp3) is 0.897. The second kappa shape index (κ2) is 69.3. The number of aliphatic hydroxyl groups excluding tert-OH is 1. The largest absolute Gasteiger partial charge is 0.472 e. The molecule has 0 aromatic heterocycles. The Balaban J connectivity index is 5.29. The highest BCUT2D eigenvalue weighted by Gasteiger charge is 2.30. The average Bonchev–Trinajstić information content (AvgIpc) is 1.04. The number of ether oxygens (including phenoxy) is 4. The first-order valence-electron chi connectivity index (χ1n) is 39.8. The van der Waals surface area contributed by atoms with Gasteiger partial charge in [-0.15, -0.1) is 0 Å². The summed E-state index contributed by atoms with van der Waals surface area (Å²) < 4.78 is 68.6. The van der Waals surface area contributed by atoms with E-state index in [0.29, 0.717) is 25.7 Å². The van der Waals surface area contributed by atoms with Gasteiger partial charge in [-0.25, -0.2) is 9.13 Å². The predicted octanol–water partition coefficient (Wildman–Crippen LogP) is 22.7. The minimum atomic E-state index is -4.97. The Morgan fingerprint density at radius 2 is 0.557 bits per heavy atom. The number of allylic oxidation sites excluding steroid dienone is 4. The van der Waals surface area contributed by atoms with E-state index in [1.54, 1.807) is 0 Å². The summed E-state index contributed by atoms with van der Waals surface area (Å²) in [6.45, 7) is 9.55. The molecule has 5 atom stereocenters. The van der Waals surface area contributed by atoms with Crippen LogP contribution in [0.25, 0.3) is 0 Å². The maximum Gasteiger partial charge on any atom is 0.472 e. The molecule has 0 amide bonds. The van der Waals surface area contributed by atoms with Gasteiger partial charge in [0.15, 0.2) is 12.2 Å². The quantitative estimate of drug-likeness (QED) is 0.0169. The Labute approximate surface area is 592 Å². The van der Waals surface area contributed by atoms with Crippen molar-refractivity contribution in [3.8, 4) is 0 Å². The normalized spacial score (nSPS) is 14.1. The third kappa shape index (κ3) is 71.7. The molecular weight excluding hydrogens is 1270 g/mol. The molecule has 97 heavy (non-hydrogen) atoms. The summed E-state index contributed by atoms with van der Waals surface area (Å²) in [5.41, 5.74) is 0. The van der Waals surface area contributed by atoms with E-state index in [1.807, 2.05) is 0 Å². The van der Waals surface area contributed by atoms with E-state index in [9.17, 15) is 43.2 Å². The van der Waals surface area contributed by atoms with Gasteiger partial charge in [0.2, 0.25) is 0 Å². The summed E-state index contributed by atoms with van der Waals surface area (Å²) in [5, 5.41) is 10.6. The standard InChI is InChI=1S/C78H148O17P2/c1-7-9-11-13-15-17-19-21-23-27-31-37-43-49-55-61-76(81)89-66-73(94-77(82)62-56-50-44-38-32-28-25-22-24-26-29-34-40-46-52-58-70(3)4)68-92-96(84,85)90-64-72(79)65-91-97(86,87)93-69-74(95-78(83)63-57-51-45-39-33-35-41-47-53-59-71(5)6)67-88-75(80)60-54-48-42-36-30-20-18-16-14-12-10-8-2/h17,19,21,23,70-74,79H,7-16,18,20,22,24-69H2,1-6H3,(H,84,85)(H,86,87)/b19-17-,23-21-/t72-,73-,74-/m1/s1. The monoisotopic (exact) mass is 1420 g/mol. The molecule has 2 unspecified atom stereocenters. The number of phosphoric ester groups is 2. The summed E-state index contributed by atoms with van der Waals surface area (Å²) in [4.78, 5) is 72.9. The minimum absolute atomic E-state index is 0.101. The van der Waals surface area contributed by atoms with Crippen molar-refractivity contribution in [2.45, 2.75) is 400 Å². The number of carbonyl (C=O) groups is 4. The number of hydrogen-bond acceptors (Lipinski definition) is 15. The minimum Gasteiger partial charge on any atom is -0.462 e. The maximum absolute atomic E-state index is 13.1. The summed E-state index contributed by atoms with van der Waals surface area (Å²) in [7, 11) is -9.93. The van der Waals surface area contributed by atoms with Gasteiger partial charge in [-0.1, -0.05) is 329 Å². The molecule has 0 aromatic carbocycles. The predicted molar refractivity (Wildman–Crippen MR) is 395 cm³/mol. The van der Waals surface area contributed by atoms with Crippen LogP contribution in [0.2, 0.25) is 0 Å². The SMILES string of the molecule is CCCCCC/C=C\C=C/CCCCCCCC(=O)OC[C@H](COP(=O)(O)OC[C@@H](O)COP(=O)(O)OC[C@@H](COC(=O)CCCCCCCCCCCCCC)OC(=O)CCCCCCCCCCCC(C)C)OC(=O)CCCCCCCCCCCCCCCCCC(C)C. The Morgan fingerprint density at radius 1 is 0.320 bits per heavy atom. The molecule has 19 heteroatoms. The zero-order chi connectivity index (χ0) is 71.4. The molecule has 0 spiro atoms. The van der Waals surface area contributed by atoms with E-state index in [2.05, 4.69) is 65.8 Å². The lowest BCUT2D eigenvalue weighted by molar-refractivity contribution is -0.161. The molecule has 0 fully saturated rings. The van der Waals surface area contributed by atoms with E-state index in [1.165, 1.54) is 180 Å². The van der Waals surface area contributed by atoms with E-state index in [4.69, 9.17) is 37.0 Å². The van der Waals surface area contributed by atoms with Gasteiger partial charge in [-0.3, -0.25) is 37.3 Å². The molecule has 3 N–H and O–H groups in total. The van der Waals surface area contributed by atoms with Crippen LogP contribution in [0.1, 0.15) is 382 Å². The van der Waals surface area contributed by atoms with Crippen LogP contribution in [0.15, 0.2) is 24.3 Å². The van der Waals surface area contributed by atoms with Crippen molar-refractivity contribution in [1.29, 1.82) is 0 Å². The van der Waals surface area contributed by atoms with Gasteiger partial charge in [-0.2, -0.15) is 0 Å². The van der Waals surface area contributed by atoms with Crippen molar-refractivity contribution in [2.75, 3.05) is 39.6 Å². The Morgan fingerprint density at radius 3 is 0.845 bits per heavy atom. The smallest absolute Gasteiger partial charge is 0.462 e. The van der Waals surface area contributed by atoms with E-state index >= 15 is 0 Å². The molecule has 0 aromatic rings. The average molecular weight is 1420 g/mol. The molecule has 0 aliphatic rings. The van der Waals surface area contributed by atoms with Gasteiger partial charge in [0.05, 0.1) is 26.4 Å². The Bertz CT molecular complexity index is 1970. The number of esters is 4. The fourth-order valence-corrected chi connectivity index (χ4v) is 13.0. The summed E-state index contributed by atoms with van der Waals surface area (Å²) >= 11 is 0. The van der Waals surface area contributed by atoms with Crippen LogP contribution in [0, 0.1) is 11.8 Å². The molecule has 0 bridgehead atoms. The van der Waals surface area contributed by atoms with Crippen LogP contribution in [0.3, 0.4) is 0 Å². The summed E-state index contributed by atoms with van der Waals surface area (Å²) in [6.07, 6.45) is 60.4. The van der Waals surface area contributed by atoms with Gasteiger partial charge >= 0.3 is 39.5 Å². The van der Waals surface area contributed by atoms with Crippen molar-refractivity contribution in [1.82, 2.24) is 0 Å². The van der Waals surface area contributed by atoms with Crippen LogP contribution >= 0.6 is 15.6 Å². The van der Waals surface area contributed by atoms with Crippen LogP contribution in [0.5, 0.6) is 0 Å². The van der Waals surface area contributed by atoms with Crippen LogP contribution in [0.4, 0.5) is 0 Å². The van der Waals surface area contributed by atoms with E-state index in [0.717, 1.165) is 121 Å². The molecule has 0 saturated carbocycles. The second-order valence-corrected chi connectivity index (χ2v) is 31.3. The second-order valence-electron chi connectivity index (χ2n) is 28.4. The topological polar surface area (TPSA) is 237 Å². The van der Waals surface area contributed by atoms with Gasteiger partial charge < -0.3 is 33.8 Å². The number of rotatable bonds is 75. The fourth-order valence-electron chi connectivity index (χ4n) is 11.5. The number of carbonyl (C=O) groups excluding carboxylic acids is 4. The molecule has 0 rings (SSSR count). The molecular formula is C78H148O17P2. The molecule has 0 heterocycles. The number of unbranched alkanes of at least 4 members (excludes halogenated alkanes) is 42. The third-order valence-corrected chi connectivity index (χ3v) is 19.5.